The lowest BCUT2D eigenvalue weighted by Gasteiger charge is -2.04. The van der Waals surface area contributed by atoms with Crippen LogP contribution < -0.4 is 0 Å². The van der Waals surface area contributed by atoms with Crippen LogP contribution in [0.5, 0.6) is 0 Å². The Bertz CT molecular complexity index is 494. The van der Waals surface area contributed by atoms with Crippen molar-refractivity contribution in [2.75, 3.05) is 0 Å². The van der Waals surface area contributed by atoms with Gasteiger partial charge in [-0.25, -0.2) is 14.8 Å². The van der Waals surface area contributed by atoms with Gasteiger partial charge < -0.3 is 5.11 Å². The summed E-state index contributed by atoms with van der Waals surface area (Å²) in [6.07, 6.45) is 3.46. The molecule has 2 rings (SSSR count). The van der Waals surface area contributed by atoms with Crippen molar-refractivity contribution in [3.05, 3.63) is 33.2 Å². The lowest BCUT2D eigenvalue weighted by atomic mass is 10.2. The number of rotatable bonds is 5. The van der Waals surface area contributed by atoms with E-state index in [9.17, 15) is 4.79 Å². The van der Waals surface area contributed by atoms with E-state index in [1.807, 2.05) is 10.8 Å². The van der Waals surface area contributed by atoms with E-state index < -0.39 is 12.0 Å². The van der Waals surface area contributed by atoms with E-state index in [2.05, 4.69) is 15.0 Å². The van der Waals surface area contributed by atoms with Gasteiger partial charge in [0.25, 0.3) is 0 Å². The topological polar surface area (TPSA) is 75.4 Å². The summed E-state index contributed by atoms with van der Waals surface area (Å²) in [5, 5.41) is 13.4. The van der Waals surface area contributed by atoms with Crippen LogP contribution in [-0.4, -0.2) is 33.3 Å². The molecule has 1 N–H and O–H groups in total. The zero-order chi connectivity index (χ0) is 12.1. The van der Waals surface area contributed by atoms with Crippen LogP contribution >= 0.6 is 22.7 Å². The molecule has 17 heavy (non-hydrogen) atoms. The van der Waals surface area contributed by atoms with Gasteiger partial charge in [0.2, 0.25) is 0 Å². The fraction of sp³-hybridized carbons (Fsp3) is 0.200. The van der Waals surface area contributed by atoms with Crippen molar-refractivity contribution in [2.45, 2.75) is 12.5 Å². The minimum Gasteiger partial charge on any atom is -0.480 e. The smallest absolute Gasteiger partial charge is 0.328 e. The van der Waals surface area contributed by atoms with Crippen LogP contribution in [-0.2, 0) is 11.2 Å². The SMILES string of the molecule is O=C(O)C(Cc1cscn1)/N=C/c1nccs1. The van der Waals surface area contributed by atoms with Crippen molar-refractivity contribution in [3.8, 4) is 0 Å². The maximum atomic E-state index is 11.0. The van der Waals surface area contributed by atoms with Crippen molar-refractivity contribution in [1.82, 2.24) is 9.97 Å². The van der Waals surface area contributed by atoms with E-state index in [-0.39, 0.29) is 0 Å². The Balaban J connectivity index is 2.05. The standard InChI is InChI=1S/C10H9N3O2S2/c14-10(15)8(3-7-5-16-6-13-7)12-4-9-11-1-2-17-9/h1-2,4-6,8H,3H2,(H,14,15)/b12-4+. The molecule has 0 aromatic carbocycles. The molecule has 2 aromatic rings. The van der Waals surface area contributed by atoms with Crippen molar-refractivity contribution >= 4 is 34.9 Å². The normalized spacial score (nSPS) is 12.9. The Morgan fingerprint density at radius 3 is 3.06 bits per heavy atom. The van der Waals surface area contributed by atoms with Crippen molar-refractivity contribution < 1.29 is 9.90 Å². The van der Waals surface area contributed by atoms with Gasteiger partial charge in [-0.2, -0.15) is 0 Å². The average molecular weight is 267 g/mol. The van der Waals surface area contributed by atoms with Gasteiger partial charge >= 0.3 is 5.97 Å². The number of hydrogen-bond acceptors (Lipinski definition) is 6. The molecule has 0 amide bonds. The van der Waals surface area contributed by atoms with Crippen LogP contribution in [0.15, 0.2) is 27.5 Å². The number of aliphatic imine (C=N–C) groups is 1. The Hall–Kier alpha value is -1.60. The van der Waals surface area contributed by atoms with Gasteiger partial charge in [-0.15, -0.1) is 22.7 Å². The van der Waals surface area contributed by atoms with Gasteiger partial charge in [0, 0.05) is 23.4 Å². The molecule has 0 radical (unpaired) electrons. The van der Waals surface area contributed by atoms with Crippen LogP contribution in [0, 0.1) is 0 Å². The summed E-state index contributed by atoms with van der Waals surface area (Å²) in [7, 11) is 0. The largest absolute Gasteiger partial charge is 0.480 e. The van der Waals surface area contributed by atoms with E-state index in [4.69, 9.17) is 5.11 Å². The number of carboxylic acid groups (broad SMARTS) is 1. The molecule has 0 aliphatic rings. The summed E-state index contributed by atoms with van der Waals surface area (Å²) >= 11 is 2.86. The number of aliphatic carboxylic acids is 1. The van der Waals surface area contributed by atoms with Gasteiger partial charge in [0.1, 0.15) is 5.01 Å². The first-order valence-corrected chi connectivity index (χ1v) is 6.60. The molecule has 0 spiro atoms. The molecule has 7 heteroatoms. The predicted octanol–water partition coefficient (Wildman–Crippen LogP) is 1.71. The zero-order valence-electron chi connectivity index (χ0n) is 8.68. The monoisotopic (exact) mass is 267 g/mol. The highest BCUT2D eigenvalue weighted by Gasteiger charge is 2.17. The van der Waals surface area contributed by atoms with E-state index in [1.54, 1.807) is 11.7 Å². The molecule has 1 unspecified atom stereocenters. The molecular formula is C10H9N3O2S2. The van der Waals surface area contributed by atoms with E-state index in [0.717, 1.165) is 5.69 Å². The van der Waals surface area contributed by atoms with Crippen molar-refractivity contribution in [3.63, 3.8) is 0 Å². The van der Waals surface area contributed by atoms with Gasteiger partial charge in [-0.05, 0) is 0 Å². The Morgan fingerprint density at radius 1 is 1.59 bits per heavy atom. The molecule has 0 saturated heterocycles. The van der Waals surface area contributed by atoms with Gasteiger partial charge in [0.15, 0.2) is 6.04 Å². The molecule has 1 atom stereocenters. The second-order valence-corrected chi connectivity index (χ2v) is 4.83. The second kappa shape index (κ2) is 5.65. The number of carbonyl (C=O) groups is 1. The van der Waals surface area contributed by atoms with Crippen LogP contribution in [0.4, 0.5) is 0 Å². The lowest BCUT2D eigenvalue weighted by Crippen LogP contribution is -2.21. The quantitative estimate of drug-likeness (QED) is 0.837. The third kappa shape index (κ3) is 3.43. The molecular weight excluding hydrogens is 258 g/mol. The number of aromatic nitrogens is 2. The van der Waals surface area contributed by atoms with Crippen LogP contribution in [0.3, 0.4) is 0 Å². The highest BCUT2D eigenvalue weighted by Crippen LogP contribution is 2.08. The minimum absolute atomic E-state index is 0.306. The predicted molar refractivity (Wildman–Crippen MR) is 66.9 cm³/mol. The maximum Gasteiger partial charge on any atom is 0.328 e. The van der Waals surface area contributed by atoms with Crippen LogP contribution in [0.25, 0.3) is 0 Å². The molecule has 2 aromatic heterocycles. The first kappa shape index (κ1) is 11.9. The summed E-state index contributed by atoms with van der Waals surface area (Å²) in [6, 6.07) is -0.805. The molecule has 0 saturated carbocycles. The van der Waals surface area contributed by atoms with Gasteiger partial charge in [0.05, 0.1) is 17.4 Å². The number of hydrogen-bond donors (Lipinski definition) is 1. The molecule has 0 fully saturated rings. The number of carboxylic acids is 1. The van der Waals surface area contributed by atoms with Crippen LogP contribution in [0.2, 0.25) is 0 Å². The average Bonchev–Trinajstić information content (AvgIpc) is 2.97. The zero-order valence-corrected chi connectivity index (χ0v) is 10.3. The fourth-order valence-electron chi connectivity index (χ4n) is 1.19. The first-order valence-electron chi connectivity index (χ1n) is 4.78. The summed E-state index contributed by atoms with van der Waals surface area (Å²) < 4.78 is 0. The first-order chi connectivity index (χ1) is 8.25. The third-order valence-electron chi connectivity index (χ3n) is 1.99. The van der Waals surface area contributed by atoms with E-state index in [1.165, 1.54) is 28.9 Å². The highest BCUT2D eigenvalue weighted by atomic mass is 32.1. The highest BCUT2D eigenvalue weighted by molar-refractivity contribution is 7.11. The molecule has 5 nitrogen and oxygen atoms in total. The van der Waals surface area contributed by atoms with Crippen LogP contribution in [0.1, 0.15) is 10.7 Å². The summed E-state index contributed by atoms with van der Waals surface area (Å²) in [4.78, 5) is 23.1. The second-order valence-electron chi connectivity index (χ2n) is 3.19. The van der Waals surface area contributed by atoms with Crippen molar-refractivity contribution in [2.24, 2.45) is 4.99 Å². The lowest BCUT2D eigenvalue weighted by molar-refractivity contribution is -0.138. The number of nitrogens with zero attached hydrogens (tertiary/aromatic N) is 3. The summed E-state index contributed by atoms with van der Waals surface area (Å²) in [6.45, 7) is 0. The Labute approximate surface area is 106 Å². The van der Waals surface area contributed by atoms with Crippen molar-refractivity contribution in [1.29, 1.82) is 0 Å². The van der Waals surface area contributed by atoms with E-state index >= 15 is 0 Å². The fourth-order valence-corrected chi connectivity index (χ4v) is 2.27. The summed E-state index contributed by atoms with van der Waals surface area (Å²) in [5.41, 5.74) is 2.43. The maximum absolute atomic E-state index is 11.0. The Morgan fingerprint density at radius 2 is 2.47 bits per heavy atom. The minimum atomic E-state index is -0.953. The molecule has 88 valence electrons. The Kier molecular flexibility index (Phi) is 3.94. The van der Waals surface area contributed by atoms with Gasteiger partial charge in [-0.1, -0.05) is 0 Å². The third-order valence-corrected chi connectivity index (χ3v) is 3.33. The molecule has 2 heterocycles. The summed E-state index contributed by atoms with van der Waals surface area (Å²) in [5.74, 6) is -0.953. The molecule has 0 bridgehead atoms. The van der Waals surface area contributed by atoms with Gasteiger partial charge in [-0.3, -0.25) is 4.99 Å². The molecule has 0 aliphatic carbocycles. The number of thiazole rings is 2. The van der Waals surface area contributed by atoms with E-state index in [0.29, 0.717) is 11.4 Å². The molecule has 0 aliphatic heterocycles.